The second kappa shape index (κ2) is 7.45. The third-order valence-corrected chi connectivity index (χ3v) is 3.46. The van der Waals surface area contributed by atoms with Crippen LogP contribution in [0, 0.1) is 13.8 Å². The highest BCUT2D eigenvalue weighted by atomic mass is 16.6. The van der Waals surface area contributed by atoms with Crippen molar-refractivity contribution >= 4 is 11.9 Å². The lowest BCUT2D eigenvalue weighted by atomic mass is 10.1. The van der Waals surface area contributed by atoms with Crippen LogP contribution in [0.25, 0.3) is 0 Å². The van der Waals surface area contributed by atoms with Gasteiger partial charge in [-0.2, -0.15) is 0 Å². The molecule has 5 nitrogen and oxygen atoms in total. The van der Waals surface area contributed by atoms with E-state index in [1.54, 1.807) is 36.4 Å². The fraction of sp³-hybridized carbons (Fsp3) is 0.222. The lowest BCUT2D eigenvalue weighted by Crippen LogP contribution is -2.32. The normalized spacial score (nSPS) is 10.0. The van der Waals surface area contributed by atoms with E-state index in [9.17, 15) is 9.59 Å². The van der Waals surface area contributed by atoms with Crippen LogP contribution < -0.4 is 14.8 Å². The summed E-state index contributed by atoms with van der Waals surface area (Å²) in [7, 11) is 1.49. The Labute approximate surface area is 135 Å². The van der Waals surface area contributed by atoms with E-state index >= 15 is 0 Å². The van der Waals surface area contributed by atoms with Crippen LogP contribution in [-0.2, 0) is 4.79 Å². The topological polar surface area (TPSA) is 64.6 Å². The molecule has 2 rings (SSSR count). The maximum absolute atomic E-state index is 12.0. The van der Waals surface area contributed by atoms with E-state index in [0.717, 1.165) is 11.1 Å². The van der Waals surface area contributed by atoms with Gasteiger partial charge in [0.25, 0.3) is 5.91 Å². The standard InChI is InChI=1S/C18H19NO4/c1-12-8-9-14(10-13(12)2)18(21)19-11-17(20)23-16-7-5-4-6-15(16)22-3/h4-10H,11H2,1-3H3,(H,19,21). The van der Waals surface area contributed by atoms with Gasteiger partial charge in [-0.05, 0) is 49.2 Å². The summed E-state index contributed by atoms with van der Waals surface area (Å²) in [5.74, 6) is -0.0986. The average molecular weight is 313 g/mol. The summed E-state index contributed by atoms with van der Waals surface area (Å²) in [6.07, 6.45) is 0. The largest absolute Gasteiger partial charge is 0.493 e. The number of rotatable bonds is 5. The number of hydrogen-bond donors (Lipinski definition) is 1. The van der Waals surface area contributed by atoms with Crippen LogP contribution in [0.15, 0.2) is 42.5 Å². The number of carbonyl (C=O) groups is 2. The van der Waals surface area contributed by atoms with E-state index in [4.69, 9.17) is 9.47 Å². The Morgan fingerprint density at radius 2 is 1.70 bits per heavy atom. The molecule has 0 atom stereocenters. The lowest BCUT2D eigenvalue weighted by molar-refractivity contribution is -0.133. The Morgan fingerprint density at radius 1 is 1.00 bits per heavy atom. The van der Waals surface area contributed by atoms with Crippen LogP contribution in [-0.4, -0.2) is 25.5 Å². The minimum absolute atomic E-state index is 0.218. The van der Waals surface area contributed by atoms with Crippen molar-refractivity contribution in [2.45, 2.75) is 13.8 Å². The zero-order valence-electron chi connectivity index (χ0n) is 13.4. The number of ether oxygens (including phenoxy) is 2. The van der Waals surface area contributed by atoms with Crippen LogP contribution in [0.4, 0.5) is 0 Å². The van der Waals surface area contributed by atoms with Crippen molar-refractivity contribution < 1.29 is 19.1 Å². The van der Waals surface area contributed by atoms with Crippen molar-refractivity contribution in [3.05, 3.63) is 59.2 Å². The van der Waals surface area contributed by atoms with Gasteiger partial charge in [0.05, 0.1) is 7.11 Å². The quantitative estimate of drug-likeness (QED) is 0.681. The Morgan fingerprint density at radius 3 is 2.35 bits per heavy atom. The van der Waals surface area contributed by atoms with Crippen molar-refractivity contribution in [1.29, 1.82) is 0 Å². The Bertz CT molecular complexity index is 725. The zero-order valence-corrected chi connectivity index (χ0v) is 13.4. The fourth-order valence-electron chi connectivity index (χ4n) is 2.00. The molecule has 2 aromatic carbocycles. The fourth-order valence-corrected chi connectivity index (χ4v) is 2.00. The molecule has 23 heavy (non-hydrogen) atoms. The monoisotopic (exact) mass is 313 g/mol. The first kappa shape index (κ1) is 16.5. The molecular formula is C18H19NO4. The van der Waals surface area contributed by atoms with Crippen molar-refractivity contribution in [3.63, 3.8) is 0 Å². The van der Waals surface area contributed by atoms with E-state index in [1.807, 2.05) is 19.9 Å². The molecule has 0 aromatic heterocycles. The molecule has 0 radical (unpaired) electrons. The van der Waals surface area contributed by atoms with E-state index in [0.29, 0.717) is 17.1 Å². The molecule has 1 N–H and O–H groups in total. The number of esters is 1. The van der Waals surface area contributed by atoms with Gasteiger partial charge in [-0.25, -0.2) is 4.79 Å². The highest BCUT2D eigenvalue weighted by molar-refractivity contribution is 5.96. The second-order valence-electron chi connectivity index (χ2n) is 5.11. The molecule has 0 fully saturated rings. The predicted molar refractivity (Wildman–Crippen MR) is 86.9 cm³/mol. The minimum atomic E-state index is -0.563. The smallest absolute Gasteiger partial charge is 0.330 e. The summed E-state index contributed by atoms with van der Waals surface area (Å²) >= 11 is 0. The van der Waals surface area contributed by atoms with E-state index in [1.165, 1.54) is 7.11 Å². The summed E-state index contributed by atoms with van der Waals surface area (Å²) in [5.41, 5.74) is 2.64. The van der Waals surface area contributed by atoms with E-state index in [-0.39, 0.29) is 12.5 Å². The molecule has 2 aromatic rings. The molecule has 0 aliphatic rings. The van der Waals surface area contributed by atoms with E-state index in [2.05, 4.69) is 5.32 Å². The molecule has 0 spiro atoms. The van der Waals surface area contributed by atoms with Crippen molar-refractivity contribution in [2.75, 3.05) is 13.7 Å². The Balaban J connectivity index is 1.93. The third kappa shape index (κ3) is 4.32. The van der Waals surface area contributed by atoms with Gasteiger partial charge in [-0.3, -0.25) is 4.79 Å². The molecule has 1 amide bonds. The van der Waals surface area contributed by atoms with Crippen LogP contribution in [0.2, 0.25) is 0 Å². The number of carbonyl (C=O) groups excluding carboxylic acids is 2. The first-order chi connectivity index (χ1) is 11.0. The number of para-hydroxylation sites is 2. The number of aryl methyl sites for hydroxylation is 2. The molecule has 0 saturated carbocycles. The number of nitrogens with one attached hydrogen (secondary N) is 1. The summed E-state index contributed by atoms with van der Waals surface area (Å²) in [6, 6.07) is 12.2. The zero-order chi connectivity index (χ0) is 16.8. The summed E-state index contributed by atoms with van der Waals surface area (Å²) in [5, 5.41) is 2.55. The van der Waals surface area contributed by atoms with Crippen molar-refractivity contribution in [1.82, 2.24) is 5.32 Å². The summed E-state index contributed by atoms with van der Waals surface area (Å²) < 4.78 is 10.3. The van der Waals surface area contributed by atoms with Gasteiger partial charge in [-0.15, -0.1) is 0 Å². The van der Waals surface area contributed by atoms with Crippen LogP contribution in [0.3, 0.4) is 0 Å². The molecular weight excluding hydrogens is 294 g/mol. The third-order valence-electron chi connectivity index (χ3n) is 3.46. The maximum atomic E-state index is 12.0. The predicted octanol–water partition coefficient (Wildman–Crippen LogP) is 2.65. The number of hydrogen-bond acceptors (Lipinski definition) is 4. The van der Waals surface area contributed by atoms with Gasteiger partial charge in [0.1, 0.15) is 6.54 Å². The first-order valence-corrected chi connectivity index (χ1v) is 7.20. The Hall–Kier alpha value is -2.82. The molecule has 0 unspecified atom stereocenters. The maximum Gasteiger partial charge on any atom is 0.330 e. The molecule has 0 aliphatic heterocycles. The van der Waals surface area contributed by atoms with Gasteiger partial charge in [0, 0.05) is 5.56 Å². The van der Waals surface area contributed by atoms with Gasteiger partial charge in [0.2, 0.25) is 0 Å². The van der Waals surface area contributed by atoms with Gasteiger partial charge >= 0.3 is 5.97 Å². The number of benzene rings is 2. The van der Waals surface area contributed by atoms with E-state index < -0.39 is 5.97 Å². The van der Waals surface area contributed by atoms with Gasteiger partial charge in [-0.1, -0.05) is 18.2 Å². The van der Waals surface area contributed by atoms with Crippen LogP contribution in [0.5, 0.6) is 11.5 Å². The van der Waals surface area contributed by atoms with Crippen molar-refractivity contribution in [3.8, 4) is 11.5 Å². The average Bonchev–Trinajstić information content (AvgIpc) is 2.55. The van der Waals surface area contributed by atoms with Gasteiger partial charge < -0.3 is 14.8 Å². The molecule has 0 heterocycles. The molecule has 5 heteroatoms. The lowest BCUT2D eigenvalue weighted by Gasteiger charge is -2.10. The highest BCUT2D eigenvalue weighted by Gasteiger charge is 2.12. The Kier molecular flexibility index (Phi) is 5.36. The molecule has 120 valence electrons. The second-order valence-corrected chi connectivity index (χ2v) is 5.11. The molecule has 0 saturated heterocycles. The number of amides is 1. The molecule has 0 aliphatic carbocycles. The minimum Gasteiger partial charge on any atom is -0.493 e. The van der Waals surface area contributed by atoms with Crippen LogP contribution in [0.1, 0.15) is 21.5 Å². The first-order valence-electron chi connectivity index (χ1n) is 7.20. The number of methoxy groups -OCH3 is 1. The summed E-state index contributed by atoms with van der Waals surface area (Å²) in [4.78, 5) is 23.9. The molecule has 0 bridgehead atoms. The highest BCUT2D eigenvalue weighted by Crippen LogP contribution is 2.25. The van der Waals surface area contributed by atoms with Gasteiger partial charge in [0.15, 0.2) is 11.5 Å². The summed E-state index contributed by atoms with van der Waals surface area (Å²) in [6.45, 7) is 3.69. The van der Waals surface area contributed by atoms with Crippen LogP contribution >= 0.6 is 0 Å². The SMILES string of the molecule is COc1ccccc1OC(=O)CNC(=O)c1ccc(C)c(C)c1. The van der Waals surface area contributed by atoms with Crippen molar-refractivity contribution in [2.24, 2.45) is 0 Å².